The van der Waals surface area contributed by atoms with Crippen LogP contribution in [-0.4, -0.2) is 7.11 Å². The molecule has 0 amide bonds. The minimum absolute atomic E-state index is 0.308. The van der Waals surface area contributed by atoms with Crippen LogP contribution in [0.1, 0.15) is 11.9 Å². The second-order valence-corrected chi connectivity index (χ2v) is 2.23. The Labute approximate surface area is 68.4 Å². The van der Waals surface area contributed by atoms with Gasteiger partial charge in [-0.25, -0.2) is 8.78 Å². The molecule has 0 saturated carbocycles. The summed E-state index contributed by atoms with van der Waals surface area (Å²) in [7, 11) is 1.14. The number of benzene rings is 1. The van der Waals surface area contributed by atoms with E-state index in [1.54, 1.807) is 0 Å². The molecule has 0 aliphatic heterocycles. The highest BCUT2D eigenvalue weighted by atomic mass is 19.1. The summed E-state index contributed by atoms with van der Waals surface area (Å²) < 4.78 is 29.6. The van der Waals surface area contributed by atoms with Crippen molar-refractivity contribution in [2.45, 2.75) is 6.29 Å². The molecular weight excluding hydrogens is 166 g/mol. The molecule has 0 saturated heterocycles. The third kappa shape index (κ3) is 1.78. The molecule has 0 aliphatic carbocycles. The van der Waals surface area contributed by atoms with Crippen LogP contribution < -0.4 is 0 Å². The van der Waals surface area contributed by atoms with E-state index in [0.29, 0.717) is 0 Å². The van der Waals surface area contributed by atoms with Crippen molar-refractivity contribution in [2.75, 3.05) is 7.11 Å². The van der Waals surface area contributed by atoms with Crippen LogP contribution in [-0.2, 0) is 9.84 Å². The van der Waals surface area contributed by atoms with Crippen LogP contribution in [0, 0.1) is 11.6 Å². The van der Waals surface area contributed by atoms with Crippen LogP contribution in [0.3, 0.4) is 0 Å². The molecule has 0 heterocycles. The fraction of sp³-hybridized carbons (Fsp3) is 0.250. The van der Waals surface area contributed by atoms with Gasteiger partial charge in [-0.05, 0) is 18.2 Å². The third-order valence-corrected chi connectivity index (χ3v) is 1.43. The number of ether oxygens (including phenoxy) is 1. The minimum atomic E-state index is -1.67. The second-order valence-electron chi connectivity index (χ2n) is 2.23. The smallest absolute Gasteiger partial charge is 0.220 e. The number of hydrogen-bond donors (Lipinski definition) is 0. The molecule has 0 fully saturated rings. The molecule has 12 heavy (non-hydrogen) atoms. The zero-order chi connectivity index (χ0) is 9.14. The summed E-state index contributed by atoms with van der Waals surface area (Å²) in [4.78, 5) is 0. The first-order valence-electron chi connectivity index (χ1n) is 3.28. The van der Waals surface area contributed by atoms with Gasteiger partial charge in [0.15, 0.2) is 0 Å². The zero-order valence-electron chi connectivity index (χ0n) is 6.38. The quantitative estimate of drug-likeness (QED) is 0.629. The number of rotatable bonds is 2. The second kappa shape index (κ2) is 3.60. The maximum Gasteiger partial charge on any atom is 0.220 e. The first-order chi connectivity index (χ1) is 5.65. The molecule has 1 atom stereocenters. The van der Waals surface area contributed by atoms with Gasteiger partial charge in [0.1, 0.15) is 11.6 Å². The fourth-order valence-electron chi connectivity index (χ4n) is 0.822. The Morgan fingerprint density at radius 1 is 1.42 bits per heavy atom. The lowest BCUT2D eigenvalue weighted by molar-refractivity contribution is -0.125. The van der Waals surface area contributed by atoms with Gasteiger partial charge in [0, 0.05) is 12.7 Å². The van der Waals surface area contributed by atoms with Gasteiger partial charge in [0.05, 0.1) is 0 Å². The van der Waals surface area contributed by atoms with Gasteiger partial charge in [0.2, 0.25) is 6.29 Å². The van der Waals surface area contributed by atoms with E-state index in [2.05, 4.69) is 4.74 Å². The van der Waals surface area contributed by atoms with Crippen LogP contribution in [0.4, 0.5) is 8.78 Å². The monoisotopic (exact) mass is 173 g/mol. The Hall–Kier alpha value is -1.00. The topological polar surface area (TPSA) is 29.1 Å². The summed E-state index contributed by atoms with van der Waals surface area (Å²) >= 11 is 0. The largest absolute Gasteiger partial charge is 0.349 e. The van der Waals surface area contributed by atoms with Crippen LogP contribution in [0.15, 0.2) is 18.2 Å². The Kier molecular flexibility index (Phi) is 2.73. The normalized spacial score (nSPS) is 13.0. The maximum atomic E-state index is 12.8. The molecule has 4 heteroatoms. The van der Waals surface area contributed by atoms with Gasteiger partial charge >= 0.3 is 0 Å². The number of methoxy groups -OCH3 is 1. The lowest BCUT2D eigenvalue weighted by Gasteiger charge is -2.06. The molecule has 0 aromatic heterocycles. The highest BCUT2D eigenvalue weighted by molar-refractivity contribution is 5.19. The predicted octanol–water partition coefficient (Wildman–Crippen LogP) is 2.04. The van der Waals surface area contributed by atoms with E-state index in [-0.39, 0.29) is 5.56 Å². The Morgan fingerprint density at radius 2 is 2.08 bits per heavy atom. The SMILES string of the molecule is COC([O])c1cc(F)ccc1F. The summed E-state index contributed by atoms with van der Waals surface area (Å²) in [6.45, 7) is 0. The highest BCUT2D eigenvalue weighted by Crippen LogP contribution is 2.18. The molecule has 0 bridgehead atoms. The van der Waals surface area contributed by atoms with Gasteiger partial charge < -0.3 is 4.74 Å². The van der Waals surface area contributed by atoms with Crippen LogP contribution in [0.25, 0.3) is 0 Å². The highest BCUT2D eigenvalue weighted by Gasteiger charge is 2.13. The van der Waals surface area contributed by atoms with Crippen molar-refractivity contribution >= 4 is 0 Å². The van der Waals surface area contributed by atoms with E-state index >= 15 is 0 Å². The minimum Gasteiger partial charge on any atom is -0.349 e. The first kappa shape index (κ1) is 9.09. The van der Waals surface area contributed by atoms with Crippen LogP contribution in [0.5, 0.6) is 0 Å². The van der Waals surface area contributed by atoms with E-state index in [4.69, 9.17) is 0 Å². The van der Waals surface area contributed by atoms with E-state index in [9.17, 15) is 13.9 Å². The zero-order valence-corrected chi connectivity index (χ0v) is 6.38. The molecule has 1 aromatic carbocycles. The standard InChI is InChI=1S/C8H7F2O2/c1-12-8(11)6-4-5(9)2-3-7(6)10/h2-4,8H,1H3. The van der Waals surface area contributed by atoms with Gasteiger partial charge in [-0.2, -0.15) is 5.11 Å². The summed E-state index contributed by atoms with van der Waals surface area (Å²) in [5, 5.41) is 10.8. The van der Waals surface area contributed by atoms with E-state index < -0.39 is 17.9 Å². The average molecular weight is 173 g/mol. The molecule has 0 spiro atoms. The Morgan fingerprint density at radius 3 is 2.67 bits per heavy atom. The first-order valence-corrected chi connectivity index (χ1v) is 3.28. The fourth-order valence-corrected chi connectivity index (χ4v) is 0.822. The summed E-state index contributed by atoms with van der Waals surface area (Å²) in [5.41, 5.74) is -0.308. The van der Waals surface area contributed by atoms with E-state index in [1.165, 1.54) is 0 Å². The van der Waals surface area contributed by atoms with Crippen molar-refractivity contribution < 1.29 is 18.6 Å². The summed E-state index contributed by atoms with van der Waals surface area (Å²) in [6.07, 6.45) is -1.67. The van der Waals surface area contributed by atoms with Gasteiger partial charge in [-0.15, -0.1) is 0 Å². The summed E-state index contributed by atoms with van der Waals surface area (Å²) in [6, 6.07) is 2.67. The molecule has 65 valence electrons. The Bertz CT molecular complexity index is 276. The molecule has 1 aromatic rings. The molecule has 0 N–H and O–H groups in total. The van der Waals surface area contributed by atoms with Crippen molar-refractivity contribution in [1.82, 2.24) is 0 Å². The number of hydrogen-bond acceptors (Lipinski definition) is 1. The van der Waals surface area contributed by atoms with Crippen molar-refractivity contribution in [3.8, 4) is 0 Å². The lowest BCUT2D eigenvalue weighted by Crippen LogP contribution is -2.01. The lowest BCUT2D eigenvalue weighted by atomic mass is 10.2. The van der Waals surface area contributed by atoms with Crippen LogP contribution in [0.2, 0.25) is 0 Å². The molecule has 1 unspecified atom stereocenters. The average Bonchev–Trinajstić information content (AvgIpc) is 2.08. The van der Waals surface area contributed by atoms with Crippen molar-refractivity contribution in [2.24, 2.45) is 0 Å². The maximum absolute atomic E-state index is 12.8. The Balaban J connectivity index is 3.04. The van der Waals surface area contributed by atoms with Gasteiger partial charge in [-0.3, -0.25) is 0 Å². The van der Waals surface area contributed by atoms with E-state index in [0.717, 1.165) is 25.3 Å². The van der Waals surface area contributed by atoms with Gasteiger partial charge in [0.25, 0.3) is 0 Å². The molecule has 2 nitrogen and oxygen atoms in total. The van der Waals surface area contributed by atoms with Crippen molar-refractivity contribution in [3.05, 3.63) is 35.4 Å². The molecule has 1 rings (SSSR count). The van der Waals surface area contributed by atoms with Crippen molar-refractivity contribution in [3.63, 3.8) is 0 Å². The van der Waals surface area contributed by atoms with Crippen molar-refractivity contribution in [1.29, 1.82) is 0 Å². The van der Waals surface area contributed by atoms with Gasteiger partial charge in [-0.1, -0.05) is 0 Å². The number of halogens is 2. The molecular formula is C8H7F2O2. The van der Waals surface area contributed by atoms with E-state index in [1.807, 2.05) is 0 Å². The summed E-state index contributed by atoms with van der Waals surface area (Å²) in [5.74, 6) is -1.40. The molecule has 1 radical (unpaired) electrons. The predicted molar refractivity (Wildman–Crippen MR) is 36.8 cm³/mol. The third-order valence-electron chi connectivity index (χ3n) is 1.43. The molecule has 0 aliphatic rings. The van der Waals surface area contributed by atoms with Crippen LogP contribution >= 0.6 is 0 Å².